The largest absolute Gasteiger partial charge is 0.491 e. The van der Waals surface area contributed by atoms with Gasteiger partial charge in [-0.05, 0) is 108 Å². The maximum Gasteiger partial charge on any atom is 0.297 e. The van der Waals surface area contributed by atoms with Crippen LogP contribution in [0.25, 0.3) is 11.0 Å². The Morgan fingerprint density at radius 3 is 2.49 bits per heavy atom. The predicted molar refractivity (Wildman–Crippen MR) is 285 cm³/mol. The number of anilines is 4. The number of alkyl halides is 1. The number of halogens is 1. The van der Waals surface area contributed by atoms with Crippen LogP contribution >= 0.6 is 0 Å². The third-order valence-electron chi connectivity index (χ3n) is 17.6. The lowest BCUT2D eigenvalue weighted by Gasteiger charge is -2.57. The van der Waals surface area contributed by atoms with E-state index in [2.05, 4.69) is 27.3 Å². The Kier molecular flexibility index (Phi) is 13.1. The van der Waals surface area contributed by atoms with E-state index in [9.17, 15) is 20.0 Å². The highest BCUT2D eigenvalue weighted by atomic mass is 32.2. The average molecular weight is 1080 g/mol. The number of likely N-dealkylation sites (tertiary alicyclic amines) is 1. The molecule has 5 atom stereocenters. The molecular formula is C56H67FN8O11S. The van der Waals surface area contributed by atoms with Crippen molar-refractivity contribution >= 4 is 55.2 Å². The summed E-state index contributed by atoms with van der Waals surface area (Å²) in [7, 11) is -4.89. The summed E-state index contributed by atoms with van der Waals surface area (Å²) < 4.78 is 79.2. The van der Waals surface area contributed by atoms with Gasteiger partial charge in [0.1, 0.15) is 40.4 Å². The molecule has 0 bridgehead atoms. The first-order valence-electron chi connectivity index (χ1n) is 27.1. The molecule has 0 unspecified atom stereocenters. The molecule has 1 spiro atoms. The van der Waals surface area contributed by atoms with Crippen molar-refractivity contribution in [3.8, 4) is 17.4 Å². The fourth-order valence-electron chi connectivity index (χ4n) is 13.4. The first-order valence-corrected chi connectivity index (χ1v) is 28.6. The molecule has 3 aromatic carbocycles. The number of nitrogens with zero attached hydrogens (tertiary/aromatic N) is 5. The number of nitrogens with one attached hydrogen (secondary N) is 2. The molecule has 1 amide bonds. The van der Waals surface area contributed by atoms with Crippen LogP contribution in [0.5, 0.6) is 17.4 Å². The number of piperidine rings is 1. The Balaban J connectivity index is 0.940. The van der Waals surface area contributed by atoms with Gasteiger partial charge in [-0.15, -0.1) is 0 Å². The summed E-state index contributed by atoms with van der Waals surface area (Å²) >= 11 is 0. The van der Waals surface area contributed by atoms with Crippen LogP contribution in [0.15, 0.2) is 76.7 Å². The van der Waals surface area contributed by atoms with Gasteiger partial charge in [-0.2, -0.15) is 4.98 Å². The number of aliphatic hydroxyl groups is 1. The van der Waals surface area contributed by atoms with Gasteiger partial charge in [0.2, 0.25) is 15.7 Å². The van der Waals surface area contributed by atoms with E-state index < -0.39 is 60.7 Å². The molecule has 21 heteroatoms. The highest BCUT2D eigenvalue weighted by molar-refractivity contribution is 7.91. The number of ether oxygens (including phenoxy) is 5. The van der Waals surface area contributed by atoms with E-state index in [0.29, 0.717) is 61.4 Å². The molecule has 6 aliphatic heterocycles. The molecule has 1 aliphatic carbocycles. The number of benzene rings is 3. The molecule has 2 aromatic heterocycles. The second kappa shape index (κ2) is 19.6. The number of hydrogen-bond donors (Lipinski definition) is 4. The monoisotopic (exact) mass is 1080 g/mol. The van der Waals surface area contributed by atoms with Gasteiger partial charge in [0.15, 0.2) is 11.4 Å². The number of primary amides is 1. The number of nitro groups is 1. The number of aromatic amines is 1. The molecular weight excluding hydrogens is 1010 g/mol. The number of para-hydroxylation sites is 1. The van der Waals surface area contributed by atoms with E-state index in [1.165, 1.54) is 6.07 Å². The molecule has 0 radical (unpaired) electrons. The number of nitro benzene ring substituents is 1. The van der Waals surface area contributed by atoms with Crippen LogP contribution in [0.2, 0.25) is 0 Å². The van der Waals surface area contributed by atoms with Gasteiger partial charge in [0.25, 0.3) is 11.6 Å². The smallest absolute Gasteiger partial charge is 0.297 e. The number of rotatable bonds is 11. The van der Waals surface area contributed by atoms with E-state index >= 15 is 12.8 Å². The third-order valence-corrected chi connectivity index (χ3v) is 19.4. The maximum atomic E-state index is 16.4. The van der Waals surface area contributed by atoms with Gasteiger partial charge >= 0.3 is 0 Å². The molecule has 1 saturated carbocycles. The quantitative estimate of drug-likeness (QED) is 0.0719. The number of hydrogen-bond acceptors (Lipinski definition) is 16. The molecule has 410 valence electrons. The van der Waals surface area contributed by atoms with Crippen LogP contribution in [0.3, 0.4) is 0 Å². The second-order valence-corrected chi connectivity index (χ2v) is 24.8. The van der Waals surface area contributed by atoms with Gasteiger partial charge in [-0.3, -0.25) is 19.8 Å². The lowest BCUT2D eigenvalue weighted by atomic mass is 9.59. The van der Waals surface area contributed by atoms with E-state index in [1.807, 2.05) is 54.8 Å². The summed E-state index contributed by atoms with van der Waals surface area (Å²) in [5.74, 6) is 0.0437. The minimum Gasteiger partial charge on any atom is -0.491 e. The molecule has 77 heavy (non-hydrogen) atoms. The Morgan fingerprint density at radius 2 is 1.74 bits per heavy atom. The van der Waals surface area contributed by atoms with Crippen LogP contribution in [-0.4, -0.2) is 133 Å². The van der Waals surface area contributed by atoms with Crippen molar-refractivity contribution in [2.24, 2.45) is 11.1 Å². The standard InChI is InChI=1S/C56H67FN8O11S/c1-33(2)75-44-7-5-4-6-37(44)39-10-13-54(3,67)14-22-63(39)35-29-55(30-35)15-20-62(21-16-55)41-9-8-38(51(58)66)49(64-40-12-23-73-31-46(40)76-53-43(64)26-34-11-19-59-52(34)61-53)50(41)77(70,71)36-27-42(65(68)69)48-45(28-36)74-32-47(60-48)56(57)17-24-72-25-18-56/h4-9,11,19,26-28,33,35,39-40,46-47,60,67H,10,12-18,20-25,29-32H2,1-3H3,(H2,58,66)(H,59,61)/t39-,40-,46-,47-,54+/m0/s1. The summed E-state index contributed by atoms with van der Waals surface area (Å²) in [6.45, 7) is 8.25. The van der Waals surface area contributed by atoms with Gasteiger partial charge in [-0.1, -0.05) is 18.2 Å². The summed E-state index contributed by atoms with van der Waals surface area (Å²) in [6.07, 6.45) is 6.99. The van der Waals surface area contributed by atoms with E-state index in [0.717, 1.165) is 56.0 Å². The van der Waals surface area contributed by atoms with Crippen molar-refractivity contribution in [2.45, 2.75) is 142 Å². The Hall–Kier alpha value is -6.26. The lowest BCUT2D eigenvalue weighted by Crippen LogP contribution is -2.56. The topological polar surface area (TPSA) is 237 Å². The van der Waals surface area contributed by atoms with Gasteiger partial charge in [0, 0.05) is 93.7 Å². The molecule has 4 saturated heterocycles. The van der Waals surface area contributed by atoms with Crippen molar-refractivity contribution in [2.75, 3.05) is 67.8 Å². The first kappa shape index (κ1) is 51.5. The van der Waals surface area contributed by atoms with Gasteiger partial charge in [0.05, 0.1) is 57.2 Å². The van der Waals surface area contributed by atoms with E-state index in [1.54, 1.807) is 18.3 Å². The number of sulfone groups is 1. The number of H-pyrrole nitrogens is 1. The summed E-state index contributed by atoms with van der Waals surface area (Å²) in [5, 5.41) is 28.2. The molecule has 7 aliphatic rings. The van der Waals surface area contributed by atoms with Crippen LogP contribution in [-0.2, 0) is 19.3 Å². The molecule has 12 rings (SSSR count). The number of aromatic nitrogens is 2. The molecule has 5 aromatic rings. The highest BCUT2D eigenvalue weighted by Crippen LogP contribution is 2.57. The zero-order valence-electron chi connectivity index (χ0n) is 43.7. The Bertz CT molecular complexity index is 3220. The molecule has 19 nitrogen and oxygen atoms in total. The molecule has 5 N–H and O–H groups in total. The first-order chi connectivity index (χ1) is 36.9. The SMILES string of the molecule is CC(C)Oc1ccccc1[C@@H]1CC[C@@](C)(O)CCN1C1CC2(CCN(c3ccc(C(N)=O)c(N4c5cc6cc[nH]c6nc5O[C@H]5COCC[C@@H]54)c3S(=O)(=O)c3cc4c(c([N+](=O)[O-])c3)N[C@H](C3(F)CCOCC3)CO4)CC2)C1. The fourth-order valence-corrected chi connectivity index (χ4v) is 15.1. The Labute approximate surface area is 446 Å². The summed E-state index contributed by atoms with van der Waals surface area (Å²) in [6, 6.07) is 16.1. The van der Waals surface area contributed by atoms with Crippen molar-refractivity contribution in [3.05, 3.63) is 88.1 Å². The molecule has 5 fully saturated rings. The van der Waals surface area contributed by atoms with Crippen LogP contribution in [0.4, 0.5) is 32.8 Å². The second-order valence-electron chi connectivity index (χ2n) is 22.9. The number of nitrogens with two attached hydrogens (primary N) is 1. The maximum absolute atomic E-state index is 16.4. The van der Waals surface area contributed by atoms with Crippen LogP contribution in [0.1, 0.15) is 107 Å². The molecule has 8 heterocycles. The zero-order chi connectivity index (χ0) is 53.6. The minimum absolute atomic E-state index is 0.000293. The van der Waals surface area contributed by atoms with Crippen molar-refractivity contribution in [3.63, 3.8) is 0 Å². The fraction of sp³-hybridized carbons (Fsp3) is 0.536. The van der Waals surface area contributed by atoms with Crippen molar-refractivity contribution in [1.29, 1.82) is 0 Å². The normalized spacial score (nSPS) is 26.3. The van der Waals surface area contributed by atoms with E-state index in [4.69, 9.17) is 34.4 Å². The van der Waals surface area contributed by atoms with E-state index in [-0.39, 0.29) is 96.3 Å². The lowest BCUT2D eigenvalue weighted by molar-refractivity contribution is -0.384. The average Bonchev–Trinajstić information content (AvgIpc) is 3.93. The highest BCUT2D eigenvalue weighted by Gasteiger charge is 2.52. The predicted octanol–water partition coefficient (Wildman–Crippen LogP) is 8.30. The minimum atomic E-state index is -4.89. The number of amides is 1. The zero-order valence-corrected chi connectivity index (χ0v) is 44.5. The number of pyridine rings is 1. The Morgan fingerprint density at radius 1 is 0.961 bits per heavy atom. The van der Waals surface area contributed by atoms with Crippen LogP contribution in [0, 0.1) is 15.5 Å². The third kappa shape index (κ3) is 9.28. The van der Waals surface area contributed by atoms with Gasteiger partial charge in [-0.25, -0.2) is 12.8 Å². The number of carbonyl (C=O) groups excluding carboxylic acids is 1. The number of fused-ring (bicyclic) bond motifs is 4. The number of carbonyl (C=O) groups is 1. The van der Waals surface area contributed by atoms with Crippen molar-refractivity contribution < 1.29 is 51.3 Å². The van der Waals surface area contributed by atoms with Crippen molar-refractivity contribution in [1.82, 2.24) is 14.9 Å². The van der Waals surface area contributed by atoms with Gasteiger partial charge < -0.3 is 54.6 Å². The van der Waals surface area contributed by atoms with Crippen LogP contribution < -0.4 is 35.1 Å². The summed E-state index contributed by atoms with van der Waals surface area (Å²) in [5.41, 5.74) is 5.23. The summed E-state index contributed by atoms with van der Waals surface area (Å²) in [4.78, 5) is 40.0.